The van der Waals surface area contributed by atoms with E-state index in [1.165, 1.54) is 24.3 Å². The molecule has 5 heteroatoms. The lowest BCUT2D eigenvalue weighted by Gasteiger charge is -2.15. The summed E-state index contributed by atoms with van der Waals surface area (Å²) in [5.41, 5.74) is 11.6. The van der Waals surface area contributed by atoms with Gasteiger partial charge < -0.3 is 11.5 Å². The third-order valence-corrected chi connectivity index (χ3v) is 3.52. The maximum absolute atomic E-state index is 14.8. The van der Waals surface area contributed by atoms with Crippen LogP contribution in [0.4, 0.5) is 4.39 Å². The fourth-order valence-electron chi connectivity index (χ4n) is 2.44. The van der Waals surface area contributed by atoms with Crippen molar-refractivity contribution >= 4 is 11.8 Å². The topological polar surface area (TPSA) is 86.2 Å². The summed E-state index contributed by atoms with van der Waals surface area (Å²) in [7, 11) is 0. The smallest absolute Gasteiger partial charge is 0.249 e. The lowest BCUT2D eigenvalue weighted by molar-refractivity contribution is 0.0999. The molecular formula is C17H17FN2O2. The van der Waals surface area contributed by atoms with E-state index in [2.05, 4.69) is 0 Å². The van der Waals surface area contributed by atoms with E-state index in [0.717, 1.165) is 0 Å². The van der Waals surface area contributed by atoms with Gasteiger partial charge in [0.1, 0.15) is 5.82 Å². The first-order valence-electron chi connectivity index (χ1n) is 6.86. The van der Waals surface area contributed by atoms with Crippen LogP contribution < -0.4 is 11.5 Å². The minimum absolute atomic E-state index is 0.0438. The summed E-state index contributed by atoms with van der Waals surface area (Å²) in [5, 5.41) is 0. The molecular weight excluding hydrogens is 283 g/mol. The molecule has 0 aliphatic carbocycles. The highest BCUT2D eigenvalue weighted by molar-refractivity contribution is 6.08. The van der Waals surface area contributed by atoms with E-state index in [4.69, 9.17) is 11.5 Å². The molecule has 2 rings (SSSR count). The van der Waals surface area contributed by atoms with Crippen LogP contribution in [0.1, 0.15) is 46.0 Å². The summed E-state index contributed by atoms with van der Waals surface area (Å²) in [4.78, 5) is 23.3. The van der Waals surface area contributed by atoms with Crippen molar-refractivity contribution in [1.82, 2.24) is 0 Å². The summed E-state index contributed by atoms with van der Waals surface area (Å²) in [6.45, 7) is 3.72. The predicted octanol–water partition coefficient (Wildman–Crippen LogP) is 2.81. The highest BCUT2D eigenvalue weighted by Gasteiger charge is 2.21. The molecule has 2 aromatic carbocycles. The van der Waals surface area contributed by atoms with Crippen LogP contribution in [0.3, 0.4) is 0 Å². The number of carbonyl (C=O) groups is 2. The van der Waals surface area contributed by atoms with Crippen molar-refractivity contribution in [2.24, 2.45) is 11.5 Å². The number of amides is 2. The summed E-state index contributed by atoms with van der Waals surface area (Å²) >= 11 is 0. The Labute approximate surface area is 127 Å². The molecule has 2 amide bonds. The zero-order chi connectivity index (χ0) is 16.4. The van der Waals surface area contributed by atoms with Crippen molar-refractivity contribution in [2.75, 3.05) is 0 Å². The van der Waals surface area contributed by atoms with Gasteiger partial charge in [0.05, 0.1) is 0 Å². The molecule has 4 N–H and O–H groups in total. The third-order valence-electron chi connectivity index (χ3n) is 3.52. The molecule has 0 saturated carbocycles. The van der Waals surface area contributed by atoms with E-state index in [-0.39, 0.29) is 28.2 Å². The van der Waals surface area contributed by atoms with Gasteiger partial charge in [0.15, 0.2) is 0 Å². The molecule has 0 radical (unpaired) electrons. The van der Waals surface area contributed by atoms with Crippen molar-refractivity contribution < 1.29 is 14.0 Å². The molecule has 22 heavy (non-hydrogen) atoms. The molecule has 0 unspecified atom stereocenters. The number of hydrogen-bond donors (Lipinski definition) is 2. The van der Waals surface area contributed by atoms with Gasteiger partial charge in [-0.1, -0.05) is 38.1 Å². The Bertz CT molecular complexity index is 722. The fourth-order valence-corrected chi connectivity index (χ4v) is 2.44. The number of nitrogens with two attached hydrogens (primary N) is 2. The van der Waals surface area contributed by atoms with Crippen molar-refractivity contribution in [2.45, 2.75) is 19.8 Å². The first-order chi connectivity index (χ1) is 10.3. The lowest BCUT2D eigenvalue weighted by Crippen LogP contribution is -2.18. The van der Waals surface area contributed by atoms with Gasteiger partial charge >= 0.3 is 0 Å². The van der Waals surface area contributed by atoms with Gasteiger partial charge in [-0.3, -0.25) is 9.59 Å². The largest absolute Gasteiger partial charge is 0.366 e. The molecule has 0 bridgehead atoms. The number of hydrogen-bond acceptors (Lipinski definition) is 2. The molecule has 0 aliphatic heterocycles. The van der Waals surface area contributed by atoms with Crippen LogP contribution >= 0.6 is 0 Å². The van der Waals surface area contributed by atoms with Gasteiger partial charge in [0.2, 0.25) is 11.8 Å². The number of primary amides is 2. The number of benzene rings is 2. The van der Waals surface area contributed by atoms with Crippen LogP contribution in [0, 0.1) is 5.82 Å². The minimum Gasteiger partial charge on any atom is -0.366 e. The Morgan fingerprint density at radius 3 is 1.91 bits per heavy atom. The quantitative estimate of drug-likeness (QED) is 0.909. The van der Waals surface area contributed by atoms with Gasteiger partial charge in [-0.05, 0) is 23.6 Å². The highest BCUT2D eigenvalue weighted by Crippen LogP contribution is 2.33. The van der Waals surface area contributed by atoms with Gasteiger partial charge in [-0.25, -0.2) is 4.39 Å². The number of rotatable bonds is 4. The monoisotopic (exact) mass is 300 g/mol. The first-order valence-corrected chi connectivity index (χ1v) is 6.86. The molecule has 0 atom stereocenters. The van der Waals surface area contributed by atoms with Crippen molar-refractivity contribution in [1.29, 1.82) is 0 Å². The van der Waals surface area contributed by atoms with E-state index < -0.39 is 17.6 Å². The Balaban J connectivity index is 2.85. The first kappa shape index (κ1) is 15.7. The van der Waals surface area contributed by atoms with E-state index >= 15 is 0 Å². The lowest BCUT2D eigenvalue weighted by atomic mass is 9.90. The van der Waals surface area contributed by atoms with Crippen LogP contribution in [0.15, 0.2) is 36.4 Å². The average Bonchev–Trinajstić information content (AvgIpc) is 2.46. The summed E-state index contributed by atoms with van der Waals surface area (Å²) in [6.07, 6.45) is 0. The second kappa shape index (κ2) is 5.97. The molecule has 0 saturated heterocycles. The second-order valence-corrected chi connectivity index (χ2v) is 5.32. The van der Waals surface area contributed by atoms with Gasteiger partial charge in [0, 0.05) is 22.3 Å². The normalized spacial score (nSPS) is 10.7. The predicted molar refractivity (Wildman–Crippen MR) is 83.0 cm³/mol. The summed E-state index contributed by atoms with van der Waals surface area (Å²) in [5.74, 6) is -2.01. The van der Waals surface area contributed by atoms with Crippen LogP contribution in [-0.2, 0) is 0 Å². The van der Waals surface area contributed by atoms with Gasteiger partial charge in [0.25, 0.3) is 0 Å². The van der Waals surface area contributed by atoms with Crippen LogP contribution in [0.2, 0.25) is 0 Å². The van der Waals surface area contributed by atoms with E-state index in [1.807, 2.05) is 13.8 Å². The molecule has 2 aromatic rings. The van der Waals surface area contributed by atoms with Crippen LogP contribution in [0.25, 0.3) is 11.1 Å². The van der Waals surface area contributed by atoms with Crippen LogP contribution in [-0.4, -0.2) is 11.8 Å². The Hall–Kier alpha value is -2.69. The van der Waals surface area contributed by atoms with Crippen LogP contribution in [0.5, 0.6) is 0 Å². The van der Waals surface area contributed by atoms with Gasteiger partial charge in [-0.2, -0.15) is 0 Å². The third kappa shape index (κ3) is 2.70. The molecule has 0 spiro atoms. The maximum atomic E-state index is 14.8. The molecule has 4 nitrogen and oxygen atoms in total. The van der Waals surface area contributed by atoms with E-state index in [1.54, 1.807) is 12.1 Å². The molecule has 0 fully saturated rings. The number of halogens is 1. The second-order valence-electron chi connectivity index (χ2n) is 5.32. The molecule has 114 valence electrons. The highest BCUT2D eigenvalue weighted by atomic mass is 19.1. The molecule has 0 aromatic heterocycles. The standard InChI is InChI=1S/C17H17FN2O2/c1-9(2)10-5-3-6-11(15(10)18)14-12(16(19)21)7-4-8-13(14)17(20)22/h3-9H,1-2H3,(H2,19,21)(H2,20,22). The Morgan fingerprint density at radius 1 is 0.955 bits per heavy atom. The number of carbonyl (C=O) groups excluding carboxylic acids is 2. The van der Waals surface area contributed by atoms with Crippen molar-refractivity contribution in [3.8, 4) is 11.1 Å². The fraction of sp³-hybridized carbons (Fsp3) is 0.176. The Kier molecular flexibility index (Phi) is 4.26. The molecule has 0 heterocycles. The zero-order valence-corrected chi connectivity index (χ0v) is 12.4. The van der Waals surface area contributed by atoms with Gasteiger partial charge in [-0.15, -0.1) is 0 Å². The van der Waals surface area contributed by atoms with E-state index in [0.29, 0.717) is 5.56 Å². The molecule has 0 aliphatic rings. The van der Waals surface area contributed by atoms with Crippen molar-refractivity contribution in [3.63, 3.8) is 0 Å². The maximum Gasteiger partial charge on any atom is 0.249 e. The summed E-state index contributed by atoms with van der Waals surface area (Å²) in [6, 6.07) is 9.25. The summed E-state index contributed by atoms with van der Waals surface area (Å²) < 4.78 is 14.8. The minimum atomic E-state index is -0.743. The Morgan fingerprint density at radius 2 is 1.45 bits per heavy atom. The van der Waals surface area contributed by atoms with Crippen molar-refractivity contribution in [3.05, 3.63) is 58.9 Å². The average molecular weight is 300 g/mol. The van der Waals surface area contributed by atoms with E-state index in [9.17, 15) is 14.0 Å². The zero-order valence-electron chi connectivity index (χ0n) is 12.4. The SMILES string of the molecule is CC(C)c1cccc(-c2c(C(N)=O)cccc2C(N)=O)c1F.